The van der Waals surface area contributed by atoms with Gasteiger partial charge in [0.1, 0.15) is 6.10 Å². The molecule has 3 nitrogen and oxygen atoms in total. The van der Waals surface area contributed by atoms with Gasteiger partial charge in [-0.05, 0) is 27.8 Å². The third-order valence-electron chi connectivity index (χ3n) is 3.28. The summed E-state index contributed by atoms with van der Waals surface area (Å²) in [6, 6.07) is 14.3. The van der Waals surface area contributed by atoms with Crippen molar-refractivity contribution in [1.29, 1.82) is 0 Å². The molecule has 106 valence electrons. The van der Waals surface area contributed by atoms with Crippen LogP contribution in [0.5, 0.6) is 0 Å². The van der Waals surface area contributed by atoms with Crippen LogP contribution in [-0.2, 0) is 16.1 Å². The summed E-state index contributed by atoms with van der Waals surface area (Å²) in [5.74, 6) is -0.418. The summed E-state index contributed by atoms with van der Waals surface area (Å²) in [5, 5.41) is 2.36. The van der Waals surface area contributed by atoms with Crippen LogP contribution in [0, 0.1) is 5.41 Å². The lowest BCUT2D eigenvalue weighted by molar-refractivity contribution is -0.137. The maximum absolute atomic E-state index is 11.5. The standard InChI is InChI=1S/C17H21NO2/c1-17(2,3)15(16(18)19)20-11-12-8-9-13-6-4-5-7-14(13)10-12/h4-10,15H,11H2,1-3H3,(H2,18,19)/t15-/m1/s1. The number of carbonyl (C=O) groups is 1. The van der Waals surface area contributed by atoms with Crippen molar-refractivity contribution in [3.63, 3.8) is 0 Å². The summed E-state index contributed by atoms with van der Waals surface area (Å²) in [6.07, 6.45) is -0.589. The topological polar surface area (TPSA) is 52.3 Å². The molecule has 2 N–H and O–H groups in total. The molecule has 2 aromatic rings. The fraction of sp³-hybridized carbons (Fsp3) is 0.353. The molecule has 0 aliphatic carbocycles. The Morgan fingerprint density at radius 3 is 2.40 bits per heavy atom. The number of carbonyl (C=O) groups excluding carboxylic acids is 1. The second kappa shape index (κ2) is 5.63. The van der Waals surface area contributed by atoms with Crippen molar-refractivity contribution >= 4 is 16.7 Å². The SMILES string of the molecule is CC(C)(C)[C@H](OCc1ccc2ccccc2c1)C(N)=O. The van der Waals surface area contributed by atoms with Crippen LogP contribution in [0.3, 0.4) is 0 Å². The van der Waals surface area contributed by atoms with Crippen LogP contribution in [-0.4, -0.2) is 12.0 Å². The first-order valence-electron chi connectivity index (χ1n) is 6.76. The number of hydrogen-bond acceptors (Lipinski definition) is 2. The van der Waals surface area contributed by atoms with E-state index in [0.717, 1.165) is 5.56 Å². The molecule has 1 atom stereocenters. The first kappa shape index (κ1) is 14.5. The van der Waals surface area contributed by atoms with Crippen LogP contribution < -0.4 is 5.73 Å². The van der Waals surface area contributed by atoms with Gasteiger partial charge in [-0.1, -0.05) is 57.2 Å². The normalized spacial score (nSPS) is 13.3. The lowest BCUT2D eigenvalue weighted by Crippen LogP contribution is -2.41. The Morgan fingerprint density at radius 1 is 1.15 bits per heavy atom. The van der Waals surface area contributed by atoms with Crippen molar-refractivity contribution in [2.45, 2.75) is 33.5 Å². The fourth-order valence-corrected chi connectivity index (χ4v) is 2.27. The van der Waals surface area contributed by atoms with E-state index in [-0.39, 0.29) is 5.41 Å². The van der Waals surface area contributed by atoms with Crippen molar-refractivity contribution in [3.8, 4) is 0 Å². The second-order valence-corrected chi connectivity index (χ2v) is 6.14. The molecule has 3 heteroatoms. The summed E-state index contributed by atoms with van der Waals surface area (Å²) >= 11 is 0. The van der Waals surface area contributed by atoms with E-state index in [1.807, 2.05) is 39.0 Å². The number of primary amides is 1. The molecule has 0 saturated carbocycles. The van der Waals surface area contributed by atoms with Gasteiger partial charge >= 0.3 is 0 Å². The number of ether oxygens (including phenoxy) is 1. The van der Waals surface area contributed by atoms with Crippen LogP contribution >= 0.6 is 0 Å². The third kappa shape index (κ3) is 3.36. The molecule has 0 aromatic heterocycles. The van der Waals surface area contributed by atoms with E-state index in [4.69, 9.17) is 10.5 Å². The Hall–Kier alpha value is -1.87. The van der Waals surface area contributed by atoms with Gasteiger partial charge in [-0.3, -0.25) is 4.79 Å². The molecule has 0 aliphatic rings. The number of nitrogens with two attached hydrogens (primary N) is 1. The zero-order chi connectivity index (χ0) is 14.8. The van der Waals surface area contributed by atoms with E-state index < -0.39 is 12.0 Å². The molecule has 0 radical (unpaired) electrons. The maximum atomic E-state index is 11.5. The zero-order valence-electron chi connectivity index (χ0n) is 12.2. The molecule has 0 aliphatic heterocycles. The van der Waals surface area contributed by atoms with Gasteiger partial charge in [-0.2, -0.15) is 0 Å². The van der Waals surface area contributed by atoms with Crippen molar-refractivity contribution < 1.29 is 9.53 Å². The van der Waals surface area contributed by atoms with E-state index in [2.05, 4.69) is 24.3 Å². The highest BCUT2D eigenvalue weighted by Gasteiger charge is 2.30. The van der Waals surface area contributed by atoms with Crippen LogP contribution in [0.15, 0.2) is 42.5 Å². The van der Waals surface area contributed by atoms with Gasteiger partial charge in [-0.15, -0.1) is 0 Å². The van der Waals surface area contributed by atoms with Gasteiger partial charge in [0.2, 0.25) is 5.91 Å². The Balaban J connectivity index is 2.14. The van der Waals surface area contributed by atoms with Gasteiger partial charge in [0, 0.05) is 0 Å². The first-order valence-corrected chi connectivity index (χ1v) is 6.76. The van der Waals surface area contributed by atoms with Gasteiger partial charge < -0.3 is 10.5 Å². The Kier molecular flexibility index (Phi) is 4.09. The van der Waals surface area contributed by atoms with Crippen LogP contribution in [0.1, 0.15) is 26.3 Å². The number of amides is 1. The summed E-state index contributed by atoms with van der Waals surface area (Å²) < 4.78 is 5.73. The highest BCUT2D eigenvalue weighted by Crippen LogP contribution is 2.24. The van der Waals surface area contributed by atoms with Crippen molar-refractivity contribution in [3.05, 3.63) is 48.0 Å². The summed E-state index contributed by atoms with van der Waals surface area (Å²) in [4.78, 5) is 11.5. The summed E-state index contributed by atoms with van der Waals surface area (Å²) in [7, 11) is 0. The fourth-order valence-electron chi connectivity index (χ4n) is 2.27. The highest BCUT2D eigenvalue weighted by molar-refractivity contribution is 5.83. The molecule has 0 unspecified atom stereocenters. The lowest BCUT2D eigenvalue weighted by Gasteiger charge is -2.27. The molecule has 2 aromatic carbocycles. The van der Waals surface area contributed by atoms with E-state index >= 15 is 0 Å². The molecule has 0 spiro atoms. The Morgan fingerprint density at radius 2 is 1.80 bits per heavy atom. The van der Waals surface area contributed by atoms with Crippen molar-refractivity contribution in [2.24, 2.45) is 11.1 Å². The predicted octanol–water partition coefficient (Wildman–Crippen LogP) is 3.26. The number of rotatable bonds is 4. The molecule has 0 heterocycles. The van der Waals surface area contributed by atoms with Crippen molar-refractivity contribution in [1.82, 2.24) is 0 Å². The molecule has 0 saturated heterocycles. The molecule has 2 rings (SSSR count). The van der Waals surface area contributed by atoms with Crippen LogP contribution in [0.25, 0.3) is 10.8 Å². The molecule has 0 bridgehead atoms. The van der Waals surface area contributed by atoms with Crippen molar-refractivity contribution in [2.75, 3.05) is 0 Å². The first-order chi connectivity index (χ1) is 9.38. The van der Waals surface area contributed by atoms with E-state index in [0.29, 0.717) is 6.61 Å². The molecular formula is C17H21NO2. The Labute approximate surface area is 119 Å². The number of benzene rings is 2. The average Bonchev–Trinajstić information content (AvgIpc) is 2.36. The Bertz CT molecular complexity index is 614. The minimum atomic E-state index is -0.589. The quantitative estimate of drug-likeness (QED) is 0.928. The minimum Gasteiger partial charge on any atom is -0.367 e. The van der Waals surface area contributed by atoms with Gasteiger partial charge in [0.15, 0.2) is 0 Å². The largest absolute Gasteiger partial charge is 0.367 e. The number of hydrogen-bond donors (Lipinski definition) is 1. The minimum absolute atomic E-state index is 0.303. The van der Waals surface area contributed by atoms with E-state index in [9.17, 15) is 4.79 Å². The molecule has 0 fully saturated rings. The van der Waals surface area contributed by atoms with E-state index in [1.165, 1.54) is 10.8 Å². The van der Waals surface area contributed by atoms with Gasteiger partial charge in [-0.25, -0.2) is 0 Å². The predicted molar refractivity (Wildman–Crippen MR) is 81.2 cm³/mol. The smallest absolute Gasteiger partial charge is 0.247 e. The number of fused-ring (bicyclic) bond motifs is 1. The molecule has 20 heavy (non-hydrogen) atoms. The maximum Gasteiger partial charge on any atom is 0.247 e. The second-order valence-electron chi connectivity index (χ2n) is 6.14. The third-order valence-corrected chi connectivity index (χ3v) is 3.28. The van der Waals surface area contributed by atoms with Crippen LogP contribution in [0.4, 0.5) is 0 Å². The molecular weight excluding hydrogens is 250 g/mol. The lowest BCUT2D eigenvalue weighted by atomic mass is 9.88. The average molecular weight is 271 g/mol. The monoisotopic (exact) mass is 271 g/mol. The molecule has 1 amide bonds. The highest BCUT2D eigenvalue weighted by atomic mass is 16.5. The zero-order valence-corrected chi connectivity index (χ0v) is 12.2. The van der Waals surface area contributed by atoms with E-state index in [1.54, 1.807) is 0 Å². The van der Waals surface area contributed by atoms with Gasteiger partial charge in [0.05, 0.1) is 6.61 Å². The summed E-state index contributed by atoms with van der Waals surface area (Å²) in [6.45, 7) is 6.23. The summed E-state index contributed by atoms with van der Waals surface area (Å²) in [5.41, 5.74) is 6.15. The van der Waals surface area contributed by atoms with Crippen LogP contribution in [0.2, 0.25) is 0 Å². The van der Waals surface area contributed by atoms with Gasteiger partial charge in [0.25, 0.3) is 0 Å².